The van der Waals surface area contributed by atoms with Crippen molar-refractivity contribution in [3.63, 3.8) is 0 Å². The Bertz CT molecular complexity index is 133. The van der Waals surface area contributed by atoms with Gasteiger partial charge in [-0.05, 0) is 12.8 Å². The first-order chi connectivity index (χ1) is 6.24. The summed E-state index contributed by atoms with van der Waals surface area (Å²) in [4.78, 5) is 11.2. The highest BCUT2D eigenvalue weighted by molar-refractivity contribution is 5.76. The number of rotatable bonds is 7. The van der Waals surface area contributed by atoms with E-state index in [0.717, 1.165) is 6.42 Å². The number of amides is 1. The van der Waals surface area contributed by atoms with E-state index in [0.29, 0.717) is 19.4 Å². The van der Waals surface area contributed by atoms with Crippen LogP contribution in [0.5, 0.6) is 0 Å². The van der Waals surface area contributed by atoms with Crippen molar-refractivity contribution in [2.45, 2.75) is 32.2 Å². The predicted molar refractivity (Wildman–Crippen MR) is 50.4 cm³/mol. The van der Waals surface area contributed by atoms with E-state index in [1.165, 1.54) is 0 Å². The predicted octanol–water partition coefficient (Wildman–Crippen LogP) is 0.300. The molecule has 1 amide bonds. The number of ether oxygens (including phenoxy) is 1. The minimum Gasteiger partial charge on any atom is -0.396 e. The molecule has 0 saturated heterocycles. The van der Waals surface area contributed by atoms with Gasteiger partial charge < -0.3 is 15.2 Å². The molecular weight excluding hydrogens is 170 g/mol. The Hall–Kier alpha value is -0.610. The third-order valence-corrected chi connectivity index (χ3v) is 1.69. The molecule has 4 heteroatoms. The van der Waals surface area contributed by atoms with Gasteiger partial charge in [-0.15, -0.1) is 0 Å². The lowest BCUT2D eigenvalue weighted by Crippen LogP contribution is -2.38. The number of nitrogens with one attached hydrogen (secondary N) is 1. The van der Waals surface area contributed by atoms with Gasteiger partial charge in [0, 0.05) is 20.1 Å². The fourth-order valence-corrected chi connectivity index (χ4v) is 1.08. The summed E-state index contributed by atoms with van der Waals surface area (Å²) in [5, 5.41) is 11.5. The fourth-order valence-electron chi connectivity index (χ4n) is 1.08. The van der Waals surface area contributed by atoms with E-state index in [-0.39, 0.29) is 18.6 Å². The molecule has 0 radical (unpaired) electrons. The monoisotopic (exact) mass is 189 g/mol. The van der Waals surface area contributed by atoms with Gasteiger partial charge in [-0.3, -0.25) is 4.79 Å². The lowest BCUT2D eigenvalue weighted by atomic mass is 10.2. The van der Waals surface area contributed by atoms with Crippen LogP contribution in [-0.2, 0) is 9.53 Å². The molecule has 0 aromatic carbocycles. The molecule has 13 heavy (non-hydrogen) atoms. The first-order valence-electron chi connectivity index (χ1n) is 4.63. The highest BCUT2D eigenvalue weighted by atomic mass is 16.5. The van der Waals surface area contributed by atoms with Gasteiger partial charge in [0.05, 0.1) is 12.6 Å². The SMILES string of the molecule is CCCC(=O)NC(CCO)COC. The second-order valence-electron chi connectivity index (χ2n) is 2.98. The fraction of sp³-hybridized carbons (Fsp3) is 0.889. The summed E-state index contributed by atoms with van der Waals surface area (Å²) in [7, 11) is 1.58. The zero-order valence-corrected chi connectivity index (χ0v) is 8.38. The summed E-state index contributed by atoms with van der Waals surface area (Å²) in [5.41, 5.74) is 0. The molecule has 0 aliphatic heterocycles. The minimum atomic E-state index is -0.0611. The number of aliphatic hydroxyl groups excluding tert-OH is 1. The molecule has 0 bridgehead atoms. The van der Waals surface area contributed by atoms with E-state index in [1.54, 1.807) is 7.11 Å². The third kappa shape index (κ3) is 6.54. The van der Waals surface area contributed by atoms with Crippen LogP contribution in [0.1, 0.15) is 26.2 Å². The Morgan fingerprint density at radius 2 is 2.31 bits per heavy atom. The molecule has 78 valence electrons. The second kappa shape index (κ2) is 8.01. The zero-order chi connectivity index (χ0) is 10.1. The van der Waals surface area contributed by atoms with Gasteiger partial charge in [-0.1, -0.05) is 6.92 Å². The van der Waals surface area contributed by atoms with Gasteiger partial charge in [0.15, 0.2) is 0 Å². The number of aliphatic hydroxyl groups is 1. The van der Waals surface area contributed by atoms with Crippen molar-refractivity contribution < 1.29 is 14.6 Å². The molecule has 0 aliphatic rings. The van der Waals surface area contributed by atoms with Crippen LogP contribution in [0.3, 0.4) is 0 Å². The van der Waals surface area contributed by atoms with Crippen LogP contribution < -0.4 is 5.32 Å². The number of carbonyl (C=O) groups excluding carboxylic acids is 1. The number of methoxy groups -OCH3 is 1. The van der Waals surface area contributed by atoms with Crippen molar-refractivity contribution >= 4 is 5.91 Å². The van der Waals surface area contributed by atoms with Gasteiger partial charge in [-0.2, -0.15) is 0 Å². The summed E-state index contributed by atoms with van der Waals surface area (Å²) in [6.45, 7) is 2.48. The quantitative estimate of drug-likeness (QED) is 0.605. The Kier molecular flexibility index (Phi) is 7.63. The summed E-state index contributed by atoms with van der Waals surface area (Å²) < 4.78 is 4.91. The van der Waals surface area contributed by atoms with Gasteiger partial charge in [0.2, 0.25) is 5.91 Å². The van der Waals surface area contributed by atoms with Crippen molar-refractivity contribution in [3.05, 3.63) is 0 Å². The first-order valence-corrected chi connectivity index (χ1v) is 4.63. The van der Waals surface area contributed by atoms with Crippen LogP contribution in [0.25, 0.3) is 0 Å². The summed E-state index contributed by atoms with van der Waals surface area (Å²) in [5.74, 6) is 0.0259. The van der Waals surface area contributed by atoms with E-state index in [1.807, 2.05) is 6.92 Å². The van der Waals surface area contributed by atoms with E-state index >= 15 is 0 Å². The highest BCUT2D eigenvalue weighted by Crippen LogP contribution is 1.94. The van der Waals surface area contributed by atoms with Crippen molar-refractivity contribution in [1.29, 1.82) is 0 Å². The molecule has 0 spiro atoms. The average Bonchev–Trinajstić information content (AvgIpc) is 2.05. The summed E-state index contributed by atoms with van der Waals surface area (Å²) >= 11 is 0. The number of hydrogen-bond acceptors (Lipinski definition) is 3. The van der Waals surface area contributed by atoms with Crippen LogP contribution >= 0.6 is 0 Å². The zero-order valence-electron chi connectivity index (χ0n) is 8.38. The molecule has 0 saturated carbocycles. The summed E-state index contributed by atoms with van der Waals surface area (Å²) in [6.07, 6.45) is 1.92. The maximum absolute atomic E-state index is 11.2. The molecule has 4 nitrogen and oxygen atoms in total. The van der Waals surface area contributed by atoms with E-state index in [9.17, 15) is 4.79 Å². The van der Waals surface area contributed by atoms with Crippen molar-refractivity contribution in [2.75, 3.05) is 20.3 Å². The second-order valence-corrected chi connectivity index (χ2v) is 2.98. The molecular formula is C9H19NO3. The molecule has 0 aliphatic carbocycles. The van der Waals surface area contributed by atoms with Crippen molar-refractivity contribution in [1.82, 2.24) is 5.32 Å². The molecule has 0 rings (SSSR count). The van der Waals surface area contributed by atoms with Crippen LogP contribution in [0.15, 0.2) is 0 Å². The molecule has 1 atom stereocenters. The van der Waals surface area contributed by atoms with Gasteiger partial charge in [-0.25, -0.2) is 0 Å². The normalized spacial score (nSPS) is 12.5. The van der Waals surface area contributed by atoms with Crippen LogP contribution in [0.2, 0.25) is 0 Å². The molecule has 1 unspecified atom stereocenters. The number of hydrogen-bond donors (Lipinski definition) is 2. The maximum Gasteiger partial charge on any atom is 0.220 e. The molecule has 2 N–H and O–H groups in total. The maximum atomic E-state index is 11.2. The smallest absolute Gasteiger partial charge is 0.220 e. The van der Waals surface area contributed by atoms with Crippen LogP contribution in [0, 0.1) is 0 Å². The third-order valence-electron chi connectivity index (χ3n) is 1.69. The molecule has 0 aromatic heterocycles. The average molecular weight is 189 g/mol. The van der Waals surface area contributed by atoms with Crippen molar-refractivity contribution in [2.24, 2.45) is 0 Å². The Balaban J connectivity index is 3.71. The van der Waals surface area contributed by atoms with Crippen LogP contribution in [-0.4, -0.2) is 37.4 Å². The van der Waals surface area contributed by atoms with Crippen LogP contribution in [0.4, 0.5) is 0 Å². The van der Waals surface area contributed by atoms with Gasteiger partial charge >= 0.3 is 0 Å². The van der Waals surface area contributed by atoms with Gasteiger partial charge in [0.25, 0.3) is 0 Å². The largest absolute Gasteiger partial charge is 0.396 e. The summed E-state index contributed by atoms with van der Waals surface area (Å²) in [6, 6.07) is -0.0611. The standard InChI is InChI=1S/C9H19NO3/c1-3-4-9(12)10-8(5-6-11)7-13-2/h8,11H,3-7H2,1-2H3,(H,10,12). The Morgan fingerprint density at radius 3 is 2.77 bits per heavy atom. The van der Waals surface area contributed by atoms with E-state index in [2.05, 4.69) is 5.32 Å². The Morgan fingerprint density at radius 1 is 1.62 bits per heavy atom. The lowest BCUT2D eigenvalue weighted by molar-refractivity contribution is -0.122. The molecule has 0 heterocycles. The highest BCUT2D eigenvalue weighted by Gasteiger charge is 2.10. The Labute approximate surface area is 79.3 Å². The van der Waals surface area contributed by atoms with Crippen molar-refractivity contribution in [3.8, 4) is 0 Å². The topological polar surface area (TPSA) is 58.6 Å². The minimum absolute atomic E-state index is 0.0259. The first kappa shape index (κ1) is 12.4. The van der Waals surface area contributed by atoms with E-state index in [4.69, 9.17) is 9.84 Å². The van der Waals surface area contributed by atoms with E-state index < -0.39 is 0 Å². The molecule has 0 aromatic rings. The molecule has 0 fully saturated rings. The number of carbonyl (C=O) groups is 1. The lowest BCUT2D eigenvalue weighted by Gasteiger charge is -2.16. The van der Waals surface area contributed by atoms with Gasteiger partial charge in [0.1, 0.15) is 0 Å².